The minimum Gasteiger partial charge on any atom is -0.352 e. The number of carbonyl (C=O) groups is 2. The number of Topliss-reactive ketones (excluding diaryl/α,β-unsaturated/α-hetero) is 1. The van der Waals surface area contributed by atoms with E-state index < -0.39 is 10.0 Å². The Morgan fingerprint density at radius 3 is 2.15 bits per heavy atom. The van der Waals surface area contributed by atoms with Crippen molar-refractivity contribution in [1.82, 2.24) is 14.5 Å². The van der Waals surface area contributed by atoms with Crippen LogP contribution in [0.3, 0.4) is 0 Å². The van der Waals surface area contributed by atoms with Crippen LogP contribution in [0.5, 0.6) is 0 Å². The number of nitrogens with one attached hydrogen (secondary N) is 1. The number of amides is 1. The van der Waals surface area contributed by atoms with E-state index in [2.05, 4.69) is 5.32 Å². The minimum absolute atomic E-state index is 0.0172. The number of carbonyl (C=O) groups excluding carboxylic acids is 2. The predicted octanol–water partition coefficient (Wildman–Crippen LogP) is 0.863. The summed E-state index contributed by atoms with van der Waals surface area (Å²) in [6.07, 6.45) is 2.10. The van der Waals surface area contributed by atoms with Gasteiger partial charge >= 0.3 is 0 Å². The molecular formula is C18H25N3O4S. The maximum Gasteiger partial charge on any atom is 0.243 e. The highest BCUT2D eigenvalue weighted by Gasteiger charge is 2.33. The Balaban J connectivity index is 1.60. The molecule has 1 aromatic carbocycles. The molecule has 0 bridgehead atoms. The molecule has 26 heavy (non-hydrogen) atoms. The molecular weight excluding hydrogens is 354 g/mol. The van der Waals surface area contributed by atoms with Gasteiger partial charge in [0.25, 0.3) is 0 Å². The van der Waals surface area contributed by atoms with Crippen molar-refractivity contribution >= 4 is 21.7 Å². The Morgan fingerprint density at radius 1 is 1.08 bits per heavy atom. The zero-order valence-electron chi connectivity index (χ0n) is 15.1. The Kier molecular flexibility index (Phi) is 5.45. The molecule has 1 saturated heterocycles. The molecule has 1 saturated carbocycles. The van der Waals surface area contributed by atoms with Crippen LogP contribution in [0.25, 0.3) is 0 Å². The second-order valence-electron chi connectivity index (χ2n) is 6.98. The summed E-state index contributed by atoms with van der Waals surface area (Å²) in [7, 11) is -3.59. The third kappa shape index (κ3) is 4.13. The largest absolute Gasteiger partial charge is 0.352 e. The summed E-state index contributed by atoms with van der Waals surface area (Å²) in [5, 5.41) is 2.99. The number of sulfonamides is 1. The van der Waals surface area contributed by atoms with Crippen LogP contribution in [0, 0.1) is 0 Å². The van der Waals surface area contributed by atoms with Gasteiger partial charge in [0, 0.05) is 37.8 Å². The van der Waals surface area contributed by atoms with E-state index in [1.807, 2.05) is 11.8 Å². The van der Waals surface area contributed by atoms with Crippen molar-refractivity contribution in [3.63, 3.8) is 0 Å². The smallest absolute Gasteiger partial charge is 0.243 e. The molecule has 7 nitrogen and oxygen atoms in total. The molecule has 8 heteroatoms. The predicted molar refractivity (Wildman–Crippen MR) is 97.4 cm³/mol. The van der Waals surface area contributed by atoms with Crippen molar-refractivity contribution in [2.75, 3.05) is 26.2 Å². The van der Waals surface area contributed by atoms with E-state index in [-0.39, 0.29) is 22.6 Å². The van der Waals surface area contributed by atoms with E-state index in [4.69, 9.17) is 0 Å². The van der Waals surface area contributed by atoms with Gasteiger partial charge in [-0.3, -0.25) is 14.5 Å². The van der Waals surface area contributed by atoms with Crippen molar-refractivity contribution in [2.45, 2.75) is 43.7 Å². The third-order valence-corrected chi connectivity index (χ3v) is 6.94. The Labute approximate surface area is 154 Å². The maximum atomic E-state index is 12.8. The standard InChI is InChI=1S/C18H25N3O4S/c1-13(18(23)19-16-5-6-16)20-9-11-21(12-10-20)26(24,25)17-7-3-15(4-8-17)14(2)22/h3-4,7-8,13,16H,5-6,9-12H2,1-2H3,(H,19,23)/t13-/m0/s1. The normalized spacial score (nSPS) is 20.5. The van der Waals surface area contributed by atoms with E-state index in [1.165, 1.54) is 35.5 Å². The number of rotatable bonds is 6. The van der Waals surface area contributed by atoms with Gasteiger partial charge in [-0.25, -0.2) is 8.42 Å². The lowest BCUT2D eigenvalue weighted by Crippen LogP contribution is -2.55. The molecule has 1 aliphatic heterocycles. The zero-order chi connectivity index (χ0) is 18.9. The molecule has 1 amide bonds. The monoisotopic (exact) mass is 379 g/mol. The molecule has 1 aliphatic carbocycles. The van der Waals surface area contributed by atoms with Crippen molar-refractivity contribution in [3.05, 3.63) is 29.8 Å². The average Bonchev–Trinajstić information content (AvgIpc) is 3.45. The highest BCUT2D eigenvalue weighted by atomic mass is 32.2. The van der Waals surface area contributed by atoms with Crippen LogP contribution in [0.2, 0.25) is 0 Å². The van der Waals surface area contributed by atoms with E-state index in [9.17, 15) is 18.0 Å². The summed E-state index contributed by atoms with van der Waals surface area (Å²) < 4.78 is 27.0. The lowest BCUT2D eigenvalue weighted by Gasteiger charge is -2.36. The summed E-state index contributed by atoms with van der Waals surface area (Å²) in [6, 6.07) is 6.10. The molecule has 1 aromatic rings. The summed E-state index contributed by atoms with van der Waals surface area (Å²) in [4.78, 5) is 25.7. The molecule has 142 valence electrons. The number of hydrogen-bond acceptors (Lipinski definition) is 5. The highest BCUT2D eigenvalue weighted by molar-refractivity contribution is 7.89. The highest BCUT2D eigenvalue weighted by Crippen LogP contribution is 2.21. The van der Waals surface area contributed by atoms with Crippen molar-refractivity contribution in [1.29, 1.82) is 0 Å². The van der Waals surface area contributed by atoms with Gasteiger partial charge in [-0.05, 0) is 38.8 Å². The molecule has 0 spiro atoms. The van der Waals surface area contributed by atoms with E-state index in [0.717, 1.165) is 12.8 Å². The summed E-state index contributed by atoms with van der Waals surface area (Å²) in [6.45, 7) is 5.04. The minimum atomic E-state index is -3.59. The number of hydrogen-bond donors (Lipinski definition) is 1. The first-order valence-corrected chi connectivity index (χ1v) is 10.4. The van der Waals surface area contributed by atoms with Crippen molar-refractivity contribution < 1.29 is 18.0 Å². The van der Waals surface area contributed by atoms with Gasteiger partial charge in [0.2, 0.25) is 15.9 Å². The Bertz CT molecular complexity index is 779. The lowest BCUT2D eigenvalue weighted by atomic mass is 10.2. The molecule has 3 rings (SSSR count). The zero-order valence-corrected chi connectivity index (χ0v) is 16.0. The number of piperazine rings is 1. The maximum absolute atomic E-state index is 12.8. The summed E-state index contributed by atoms with van der Waals surface area (Å²) >= 11 is 0. The van der Waals surface area contributed by atoms with E-state index in [0.29, 0.717) is 37.8 Å². The van der Waals surface area contributed by atoms with Crippen molar-refractivity contribution in [2.24, 2.45) is 0 Å². The first kappa shape index (κ1) is 19.0. The van der Waals surface area contributed by atoms with Gasteiger partial charge in [0.05, 0.1) is 10.9 Å². The quantitative estimate of drug-likeness (QED) is 0.741. The molecule has 2 fully saturated rings. The summed E-state index contributed by atoms with van der Waals surface area (Å²) in [5.41, 5.74) is 0.490. The van der Waals surface area contributed by atoms with Gasteiger partial charge in [-0.1, -0.05) is 12.1 Å². The van der Waals surface area contributed by atoms with Crippen LogP contribution < -0.4 is 5.32 Å². The fourth-order valence-corrected chi connectivity index (χ4v) is 4.48. The molecule has 2 aliphatic rings. The van der Waals surface area contributed by atoms with Gasteiger partial charge in [-0.2, -0.15) is 4.31 Å². The van der Waals surface area contributed by atoms with Crippen molar-refractivity contribution in [3.8, 4) is 0 Å². The van der Waals surface area contributed by atoms with Gasteiger partial charge in [0.1, 0.15) is 0 Å². The second-order valence-corrected chi connectivity index (χ2v) is 8.92. The third-order valence-electron chi connectivity index (χ3n) is 5.02. The SMILES string of the molecule is CC(=O)c1ccc(S(=O)(=O)N2CCN([C@@H](C)C(=O)NC3CC3)CC2)cc1. The van der Waals surface area contributed by atoms with E-state index in [1.54, 1.807) is 0 Å². The van der Waals surface area contributed by atoms with E-state index >= 15 is 0 Å². The first-order chi connectivity index (χ1) is 12.3. The Morgan fingerprint density at radius 2 is 1.65 bits per heavy atom. The van der Waals surface area contributed by atoms with Gasteiger partial charge < -0.3 is 5.32 Å². The van der Waals surface area contributed by atoms with Crippen LogP contribution >= 0.6 is 0 Å². The van der Waals surface area contributed by atoms with Gasteiger partial charge in [-0.15, -0.1) is 0 Å². The Hall–Kier alpha value is -1.77. The number of nitrogens with zero attached hydrogens (tertiary/aromatic N) is 2. The van der Waals surface area contributed by atoms with Crippen LogP contribution in [0.1, 0.15) is 37.0 Å². The number of benzene rings is 1. The first-order valence-electron chi connectivity index (χ1n) is 8.94. The van der Waals surface area contributed by atoms with Crippen LogP contribution in [-0.2, 0) is 14.8 Å². The topological polar surface area (TPSA) is 86.8 Å². The average molecular weight is 379 g/mol. The van der Waals surface area contributed by atoms with Crippen LogP contribution in [0.15, 0.2) is 29.2 Å². The van der Waals surface area contributed by atoms with Crippen LogP contribution in [0.4, 0.5) is 0 Å². The second kappa shape index (κ2) is 7.46. The molecule has 0 unspecified atom stereocenters. The molecule has 0 radical (unpaired) electrons. The fraction of sp³-hybridized carbons (Fsp3) is 0.556. The molecule has 1 heterocycles. The summed E-state index contributed by atoms with van der Waals surface area (Å²) in [5.74, 6) is -0.0790. The molecule has 0 aromatic heterocycles. The van der Waals surface area contributed by atoms with Crippen LogP contribution in [-0.4, -0.2) is 67.6 Å². The lowest BCUT2D eigenvalue weighted by molar-refractivity contribution is -0.126. The van der Waals surface area contributed by atoms with Gasteiger partial charge in [0.15, 0.2) is 5.78 Å². The molecule has 1 atom stereocenters. The molecule has 1 N–H and O–H groups in total. The fourth-order valence-electron chi connectivity index (χ4n) is 3.06. The number of ketones is 1.